The van der Waals surface area contributed by atoms with Gasteiger partial charge in [0.05, 0.1) is 12.8 Å². The number of rotatable bonds is 6. The number of aryl methyl sites for hydroxylation is 1. The third-order valence-electron chi connectivity index (χ3n) is 5.30. The van der Waals surface area contributed by atoms with Crippen LogP contribution >= 0.6 is 11.6 Å². The van der Waals surface area contributed by atoms with E-state index in [0.29, 0.717) is 27.8 Å². The summed E-state index contributed by atoms with van der Waals surface area (Å²) in [5.41, 5.74) is 2.31. The summed E-state index contributed by atoms with van der Waals surface area (Å²) in [7, 11) is 1.49. The zero-order chi connectivity index (χ0) is 24.2. The highest BCUT2D eigenvalue weighted by molar-refractivity contribution is 6.39. The number of ether oxygens (including phenoxy) is 2. The van der Waals surface area contributed by atoms with Crippen LogP contribution in [0.2, 0.25) is 5.02 Å². The standard InChI is InChI=1S/C26H21ClN2O5/c1-16-7-3-6-10-21(16)29-25(31)19(24(30)28-26(29)32)13-17-11-12-22(23(14-17)33-2)34-15-18-8-4-5-9-20(18)27/h3-14H,15H2,1-2H3,(H,28,30,32)/b19-13+. The Kier molecular flexibility index (Phi) is 6.65. The Morgan fingerprint density at radius 3 is 2.44 bits per heavy atom. The normalized spacial score (nSPS) is 14.9. The van der Waals surface area contributed by atoms with E-state index in [-0.39, 0.29) is 12.2 Å². The van der Waals surface area contributed by atoms with Crippen LogP contribution in [0.25, 0.3) is 6.08 Å². The lowest BCUT2D eigenvalue weighted by Gasteiger charge is -2.27. The summed E-state index contributed by atoms with van der Waals surface area (Å²) in [5.74, 6) is -0.587. The number of methoxy groups -OCH3 is 1. The Hall–Kier alpha value is -4.10. The highest BCUT2D eigenvalue weighted by Gasteiger charge is 2.37. The molecular formula is C26H21ClN2O5. The van der Waals surface area contributed by atoms with Crippen LogP contribution in [-0.2, 0) is 16.2 Å². The second kappa shape index (κ2) is 9.80. The Bertz CT molecular complexity index is 1320. The predicted molar refractivity (Wildman–Crippen MR) is 129 cm³/mol. The predicted octanol–water partition coefficient (Wildman–Crippen LogP) is 4.90. The van der Waals surface area contributed by atoms with E-state index in [2.05, 4.69) is 5.32 Å². The molecule has 4 rings (SSSR count). The summed E-state index contributed by atoms with van der Waals surface area (Å²) in [6.45, 7) is 2.02. The van der Waals surface area contributed by atoms with Gasteiger partial charge in [-0.25, -0.2) is 9.69 Å². The highest BCUT2D eigenvalue weighted by Crippen LogP contribution is 2.31. The van der Waals surface area contributed by atoms with Gasteiger partial charge in [0.1, 0.15) is 12.2 Å². The van der Waals surface area contributed by atoms with Crippen LogP contribution in [-0.4, -0.2) is 25.0 Å². The van der Waals surface area contributed by atoms with Crippen molar-refractivity contribution in [3.63, 3.8) is 0 Å². The first-order chi connectivity index (χ1) is 16.4. The molecule has 0 saturated carbocycles. The van der Waals surface area contributed by atoms with Crippen molar-refractivity contribution in [3.05, 3.63) is 94.0 Å². The minimum atomic E-state index is -0.789. The van der Waals surface area contributed by atoms with Crippen molar-refractivity contribution >= 4 is 41.2 Å². The first-order valence-corrected chi connectivity index (χ1v) is 10.8. The summed E-state index contributed by atoms with van der Waals surface area (Å²) in [4.78, 5) is 39.0. The van der Waals surface area contributed by atoms with Crippen LogP contribution in [0.1, 0.15) is 16.7 Å². The molecule has 1 aliphatic rings. The summed E-state index contributed by atoms with van der Waals surface area (Å²) in [6.07, 6.45) is 1.41. The van der Waals surface area contributed by atoms with Crippen LogP contribution in [0.5, 0.6) is 11.5 Å². The molecule has 7 nitrogen and oxygen atoms in total. The van der Waals surface area contributed by atoms with E-state index in [1.165, 1.54) is 13.2 Å². The van der Waals surface area contributed by atoms with E-state index in [1.54, 1.807) is 55.5 Å². The number of hydrogen-bond acceptors (Lipinski definition) is 5. The van der Waals surface area contributed by atoms with Gasteiger partial charge in [-0.1, -0.05) is 54.1 Å². The maximum atomic E-state index is 13.1. The molecule has 172 valence electrons. The first-order valence-electron chi connectivity index (χ1n) is 10.4. The van der Waals surface area contributed by atoms with Gasteiger partial charge in [-0.2, -0.15) is 0 Å². The van der Waals surface area contributed by atoms with Crippen molar-refractivity contribution in [2.75, 3.05) is 12.0 Å². The number of anilines is 1. The fraction of sp³-hybridized carbons (Fsp3) is 0.115. The largest absolute Gasteiger partial charge is 0.493 e. The number of para-hydroxylation sites is 1. The van der Waals surface area contributed by atoms with Gasteiger partial charge >= 0.3 is 6.03 Å². The van der Waals surface area contributed by atoms with Gasteiger partial charge in [0, 0.05) is 10.6 Å². The van der Waals surface area contributed by atoms with Crippen molar-refractivity contribution in [2.24, 2.45) is 0 Å². The highest BCUT2D eigenvalue weighted by atomic mass is 35.5. The quantitative estimate of drug-likeness (QED) is 0.404. The second-order valence-corrected chi connectivity index (χ2v) is 7.94. The molecule has 0 spiro atoms. The lowest BCUT2D eigenvalue weighted by Crippen LogP contribution is -2.54. The molecule has 0 aromatic heterocycles. The minimum absolute atomic E-state index is 0.172. The molecule has 1 fully saturated rings. The number of halogens is 1. The number of amides is 4. The molecule has 1 N–H and O–H groups in total. The van der Waals surface area contributed by atoms with Crippen LogP contribution in [0, 0.1) is 6.92 Å². The number of benzene rings is 3. The Morgan fingerprint density at radius 1 is 0.971 bits per heavy atom. The van der Waals surface area contributed by atoms with Gasteiger partial charge in [-0.3, -0.25) is 14.9 Å². The van der Waals surface area contributed by atoms with Crippen LogP contribution in [0.4, 0.5) is 10.5 Å². The molecule has 3 aromatic carbocycles. The topological polar surface area (TPSA) is 84.9 Å². The maximum Gasteiger partial charge on any atom is 0.335 e. The summed E-state index contributed by atoms with van der Waals surface area (Å²) in [5, 5.41) is 2.82. The van der Waals surface area contributed by atoms with Crippen molar-refractivity contribution < 1.29 is 23.9 Å². The summed E-state index contributed by atoms with van der Waals surface area (Å²) < 4.78 is 11.3. The zero-order valence-electron chi connectivity index (χ0n) is 18.5. The summed E-state index contributed by atoms with van der Waals surface area (Å²) >= 11 is 6.18. The molecule has 34 heavy (non-hydrogen) atoms. The molecule has 8 heteroatoms. The molecule has 3 aromatic rings. The molecule has 0 aliphatic carbocycles. The van der Waals surface area contributed by atoms with Gasteiger partial charge in [0.25, 0.3) is 11.8 Å². The number of nitrogens with zero attached hydrogens (tertiary/aromatic N) is 1. The van der Waals surface area contributed by atoms with E-state index < -0.39 is 17.8 Å². The van der Waals surface area contributed by atoms with E-state index in [0.717, 1.165) is 16.0 Å². The average molecular weight is 477 g/mol. The van der Waals surface area contributed by atoms with E-state index in [9.17, 15) is 14.4 Å². The number of carbonyl (C=O) groups excluding carboxylic acids is 3. The monoisotopic (exact) mass is 476 g/mol. The van der Waals surface area contributed by atoms with Gasteiger partial charge < -0.3 is 9.47 Å². The van der Waals surface area contributed by atoms with Crippen LogP contribution in [0.15, 0.2) is 72.3 Å². The number of imide groups is 2. The Balaban J connectivity index is 1.61. The van der Waals surface area contributed by atoms with Gasteiger partial charge in [0.15, 0.2) is 11.5 Å². The summed E-state index contributed by atoms with van der Waals surface area (Å²) in [6, 6.07) is 18.5. The number of hydrogen-bond donors (Lipinski definition) is 1. The maximum absolute atomic E-state index is 13.1. The molecule has 1 aliphatic heterocycles. The van der Waals surface area contributed by atoms with Crippen molar-refractivity contribution in [1.82, 2.24) is 5.32 Å². The van der Waals surface area contributed by atoms with Gasteiger partial charge in [-0.05, 0) is 48.4 Å². The van der Waals surface area contributed by atoms with E-state index in [1.807, 2.05) is 18.2 Å². The molecule has 0 radical (unpaired) electrons. The molecule has 0 atom stereocenters. The van der Waals surface area contributed by atoms with Crippen molar-refractivity contribution in [1.29, 1.82) is 0 Å². The molecule has 0 bridgehead atoms. The third kappa shape index (κ3) is 4.65. The van der Waals surface area contributed by atoms with Crippen LogP contribution in [0.3, 0.4) is 0 Å². The van der Waals surface area contributed by atoms with Crippen molar-refractivity contribution in [2.45, 2.75) is 13.5 Å². The second-order valence-electron chi connectivity index (χ2n) is 7.53. The number of urea groups is 1. The van der Waals surface area contributed by atoms with Gasteiger partial charge in [0.2, 0.25) is 0 Å². The lowest BCUT2D eigenvalue weighted by molar-refractivity contribution is -0.122. The number of carbonyl (C=O) groups is 3. The molecule has 1 heterocycles. The average Bonchev–Trinajstić information content (AvgIpc) is 2.82. The SMILES string of the molecule is COc1cc(/C=C2\C(=O)NC(=O)N(c3ccccc3C)C2=O)ccc1OCc1ccccc1Cl. The Labute approximate surface area is 201 Å². The van der Waals surface area contributed by atoms with Gasteiger partial charge in [-0.15, -0.1) is 0 Å². The third-order valence-corrected chi connectivity index (χ3v) is 5.67. The fourth-order valence-electron chi connectivity index (χ4n) is 3.52. The van der Waals surface area contributed by atoms with E-state index in [4.69, 9.17) is 21.1 Å². The molecule has 0 unspecified atom stereocenters. The zero-order valence-corrected chi connectivity index (χ0v) is 19.3. The fourth-order valence-corrected chi connectivity index (χ4v) is 3.71. The smallest absolute Gasteiger partial charge is 0.335 e. The minimum Gasteiger partial charge on any atom is -0.493 e. The Morgan fingerprint density at radius 2 is 1.71 bits per heavy atom. The number of nitrogens with one attached hydrogen (secondary N) is 1. The number of barbiturate groups is 1. The molecule has 1 saturated heterocycles. The van der Waals surface area contributed by atoms with Crippen LogP contribution < -0.4 is 19.7 Å². The molecular weight excluding hydrogens is 456 g/mol. The van der Waals surface area contributed by atoms with E-state index >= 15 is 0 Å². The molecule has 4 amide bonds. The van der Waals surface area contributed by atoms with Crippen molar-refractivity contribution in [3.8, 4) is 11.5 Å². The first kappa shape index (κ1) is 23.1. The lowest BCUT2D eigenvalue weighted by atomic mass is 10.1.